The Morgan fingerprint density at radius 3 is 1.94 bits per heavy atom. The lowest BCUT2D eigenvalue weighted by atomic mass is 10.1. The van der Waals surface area contributed by atoms with Crippen LogP contribution in [-0.4, -0.2) is 18.2 Å². The van der Waals surface area contributed by atoms with Gasteiger partial charge >= 0.3 is 6.18 Å². The summed E-state index contributed by atoms with van der Waals surface area (Å²) in [5, 5.41) is 1.05. The van der Waals surface area contributed by atoms with Gasteiger partial charge in [0.15, 0.2) is 23.3 Å². The zero-order valence-electron chi connectivity index (χ0n) is 14.8. The van der Waals surface area contributed by atoms with E-state index in [9.17, 15) is 43.5 Å². The van der Waals surface area contributed by atoms with Crippen LogP contribution in [0.1, 0.15) is 10.6 Å². The number of nitrogens with zero attached hydrogens (tertiary/aromatic N) is 3. The third-order valence-electron chi connectivity index (χ3n) is 3.78. The Bertz CT molecular complexity index is 1310. The molecule has 0 N–H and O–H groups in total. The van der Waals surface area contributed by atoms with Gasteiger partial charge in [0.25, 0.3) is 10.0 Å². The minimum absolute atomic E-state index is 0.301. The number of hydrogen-bond donors (Lipinski definition) is 0. The highest BCUT2D eigenvalue weighted by atomic mass is 32.2. The van der Waals surface area contributed by atoms with Gasteiger partial charge in [-0.2, -0.15) is 26.3 Å². The van der Waals surface area contributed by atoms with E-state index in [1.165, 1.54) is 0 Å². The number of benzene rings is 2. The number of sulfonamides is 1. The van der Waals surface area contributed by atoms with Crippen LogP contribution in [0.4, 0.5) is 35.1 Å². The van der Waals surface area contributed by atoms with Crippen molar-refractivity contribution in [1.29, 1.82) is 0 Å². The average Bonchev–Trinajstić information content (AvgIpc) is 3.08. The molecular formula is C16H7F8N3O2S2. The maximum absolute atomic E-state index is 14.3. The van der Waals surface area contributed by atoms with E-state index < -0.39 is 82.6 Å². The van der Waals surface area contributed by atoms with Crippen molar-refractivity contribution in [2.24, 2.45) is 4.40 Å². The second-order valence-electron chi connectivity index (χ2n) is 5.85. The van der Waals surface area contributed by atoms with Crippen molar-refractivity contribution in [2.75, 3.05) is 0 Å². The van der Waals surface area contributed by atoms with Gasteiger partial charge in [-0.1, -0.05) is 11.3 Å². The van der Waals surface area contributed by atoms with E-state index in [1.54, 1.807) is 0 Å². The fourth-order valence-electron chi connectivity index (χ4n) is 2.28. The van der Waals surface area contributed by atoms with Gasteiger partial charge in [-0.3, -0.25) is 0 Å². The zero-order chi connectivity index (χ0) is 23.3. The van der Waals surface area contributed by atoms with E-state index in [1.807, 2.05) is 0 Å². The molecule has 1 aromatic heterocycles. The SMILES string of the molecule is Cc1c(F)c(F)c(-n2nc(C(F)(F)F)s/c2=N\S(=O)(=O)c2ccc(F)cc2)c(F)c1F. The molecule has 0 saturated heterocycles. The lowest BCUT2D eigenvalue weighted by molar-refractivity contribution is -0.138. The molecule has 0 radical (unpaired) electrons. The van der Waals surface area contributed by atoms with E-state index in [0.29, 0.717) is 19.1 Å². The normalized spacial score (nSPS) is 13.1. The van der Waals surface area contributed by atoms with Crippen LogP contribution in [0.2, 0.25) is 0 Å². The molecule has 0 aliphatic carbocycles. The quantitative estimate of drug-likeness (QED) is 0.408. The summed E-state index contributed by atoms with van der Waals surface area (Å²) in [7, 11) is -4.84. The first-order valence-electron chi connectivity index (χ1n) is 7.81. The second kappa shape index (κ2) is 7.71. The van der Waals surface area contributed by atoms with Gasteiger partial charge in [0, 0.05) is 5.56 Å². The molecule has 15 heteroatoms. The molecule has 0 saturated carbocycles. The first-order chi connectivity index (χ1) is 14.2. The Morgan fingerprint density at radius 2 is 1.45 bits per heavy atom. The van der Waals surface area contributed by atoms with Crippen LogP contribution in [0.3, 0.4) is 0 Å². The van der Waals surface area contributed by atoms with E-state index in [-0.39, 0.29) is 4.68 Å². The summed E-state index contributed by atoms with van der Waals surface area (Å²) in [6, 6.07) is 2.90. The molecule has 0 amide bonds. The highest BCUT2D eigenvalue weighted by Gasteiger charge is 2.37. The Balaban J connectivity index is 2.38. The first-order valence-corrected chi connectivity index (χ1v) is 10.1. The van der Waals surface area contributed by atoms with Crippen molar-refractivity contribution in [3.8, 4) is 5.69 Å². The molecule has 0 aliphatic heterocycles. The molecular weight excluding hydrogens is 482 g/mol. The van der Waals surface area contributed by atoms with Crippen LogP contribution in [0.25, 0.3) is 5.69 Å². The largest absolute Gasteiger partial charge is 0.445 e. The highest BCUT2D eigenvalue weighted by Crippen LogP contribution is 2.31. The molecule has 166 valence electrons. The van der Waals surface area contributed by atoms with Gasteiger partial charge in [-0.05, 0) is 31.2 Å². The van der Waals surface area contributed by atoms with Crippen LogP contribution in [-0.2, 0) is 16.2 Å². The molecule has 0 aliphatic rings. The molecule has 5 nitrogen and oxygen atoms in total. The minimum atomic E-state index is -5.21. The van der Waals surface area contributed by atoms with E-state index in [2.05, 4.69) is 9.50 Å². The predicted octanol–water partition coefficient (Wildman–Crippen LogP) is 4.25. The second-order valence-corrected chi connectivity index (χ2v) is 8.41. The van der Waals surface area contributed by atoms with E-state index in [0.717, 1.165) is 12.1 Å². The Hall–Kier alpha value is -2.81. The number of alkyl halides is 3. The lowest BCUT2D eigenvalue weighted by Gasteiger charge is -2.09. The Morgan fingerprint density at radius 1 is 0.935 bits per heavy atom. The maximum atomic E-state index is 14.3. The van der Waals surface area contributed by atoms with Crippen LogP contribution >= 0.6 is 11.3 Å². The Labute approximate surface area is 172 Å². The van der Waals surface area contributed by atoms with Crippen LogP contribution < -0.4 is 4.80 Å². The summed E-state index contributed by atoms with van der Waals surface area (Å²) < 4.78 is 136. The van der Waals surface area contributed by atoms with Gasteiger partial charge in [-0.25, -0.2) is 22.0 Å². The summed E-state index contributed by atoms with van der Waals surface area (Å²) >= 11 is -0.452. The highest BCUT2D eigenvalue weighted by molar-refractivity contribution is 7.90. The fourth-order valence-corrected chi connectivity index (χ4v) is 4.22. The molecule has 2 aromatic carbocycles. The van der Waals surface area contributed by atoms with Crippen molar-refractivity contribution >= 4 is 21.4 Å². The third-order valence-corrected chi connectivity index (χ3v) is 6.13. The van der Waals surface area contributed by atoms with E-state index in [4.69, 9.17) is 0 Å². The molecule has 0 bridgehead atoms. The molecule has 0 spiro atoms. The molecule has 1 heterocycles. The smallest absolute Gasteiger partial charge is 0.207 e. The zero-order valence-corrected chi connectivity index (χ0v) is 16.4. The van der Waals surface area contributed by atoms with Crippen LogP contribution in [0.5, 0.6) is 0 Å². The molecule has 0 atom stereocenters. The predicted molar refractivity (Wildman–Crippen MR) is 90.2 cm³/mol. The Kier molecular flexibility index (Phi) is 5.69. The standard InChI is InChI=1S/C16H7F8N3O2S2/c1-6-9(18)11(20)13(12(21)10(6)19)27-15(30-14(25-27)16(22,23)24)26-31(28,29)8-4-2-7(17)3-5-8/h2-5H,1H3/b26-15-. The topological polar surface area (TPSA) is 64.3 Å². The minimum Gasteiger partial charge on any atom is -0.207 e. The molecule has 3 rings (SSSR count). The number of halogens is 8. The monoisotopic (exact) mass is 489 g/mol. The molecule has 0 unspecified atom stereocenters. The van der Waals surface area contributed by atoms with Crippen molar-refractivity contribution in [1.82, 2.24) is 9.78 Å². The summed E-state index contributed by atoms with van der Waals surface area (Å²) in [5.74, 6) is -8.90. The first kappa shape index (κ1) is 22.9. The van der Waals surface area contributed by atoms with E-state index >= 15 is 0 Å². The summed E-state index contributed by atoms with van der Waals surface area (Å²) in [6.45, 7) is 0.678. The van der Waals surface area contributed by atoms with Gasteiger partial charge in [0.1, 0.15) is 11.5 Å². The van der Waals surface area contributed by atoms with Crippen LogP contribution in [0.15, 0.2) is 33.6 Å². The third kappa shape index (κ3) is 4.19. The summed E-state index contributed by atoms with van der Waals surface area (Å²) in [5.41, 5.74) is -2.83. The van der Waals surface area contributed by atoms with Gasteiger partial charge in [0.2, 0.25) is 9.81 Å². The molecule has 31 heavy (non-hydrogen) atoms. The van der Waals surface area contributed by atoms with Gasteiger partial charge in [0.05, 0.1) is 4.90 Å². The van der Waals surface area contributed by atoms with Crippen LogP contribution in [0, 0.1) is 36.0 Å². The lowest BCUT2D eigenvalue weighted by Crippen LogP contribution is -2.21. The van der Waals surface area contributed by atoms with Gasteiger partial charge in [-0.15, -0.1) is 9.50 Å². The number of hydrogen-bond acceptors (Lipinski definition) is 4. The van der Waals surface area contributed by atoms with Crippen molar-refractivity contribution in [3.05, 3.63) is 68.7 Å². The molecule has 3 aromatic rings. The summed E-state index contributed by atoms with van der Waals surface area (Å²) in [6.07, 6.45) is -5.21. The van der Waals surface area contributed by atoms with Crippen molar-refractivity contribution in [2.45, 2.75) is 18.0 Å². The summed E-state index contributed by atoms with van der Waals surface area (Å²) in [4.78, 5) is -1.94. The van der Waals surface area contributed by atoms with Crippen molar-refractivity contribution < 1.29 is 43.5 Å². The fraction of sp³-hybridized carbons (Fsp3) is 0.125. The van der Waals surface area contributed by atoms with Crippen molar-refractivity contribution in [3.63, 3.8) is 0 Å². The average molecular weight is 489 g/mol. The number of rotatable bonds is 3. The molecule has 0 fully saturated rings. The van der Waals surface area contributed by atoms with Gasteiger partial charge < -0.3 is 0 Å². The maximum Gasteiger partial charge on any atom is 0.445 e. The number of aromatic nitrogens is 2.